The van der Waals surface area contributed by atoms with Crippen molar-refractivity contribution in [3.63, 3.8) is 0 Å². The predicted molar refractivity (Wildman–Crippen MR) is 84.8 cm³/mol. The van der Waals surface area contributed by atoms with Crippen LogP contribution in [0.5, 0.6) is 5.75 Å². The van der Waals surface area contributed by atoms with Crippen molar-refractivity contribution in [2.75, 3.05) is 13.2 Å². The van der Waals surface area contributed by atoms with Gasteiger partial charge in [0.25, 0.3) is 0 Å². The summed E-state index contributed by atoms with van der Waals surface area (Å²) in [6.45, 7) is 6.04. The van der Waals surface area contributed by atoms with Crippen molar-refractivity contribution in [2.45, 2.75) is 32.7 Å². The summed E-state index contributed by atoms with van der Waals surface area (Å²) in [5.41, 5.74) is 4.95. The van der Waals surface area contributed by atoms with Crippen molar-refractivity contribution in [1.82, 2.24) is 10.3 Å². The third kappa shape index (κ3) is 3.08. The fraction of sp³-hybridized carbons (Fsp3) is 0.389. The number of rotatable bonds is 5. The zero-order valence-electron chi connectivity index (χ0n) is 12.7. The van der Waals surface area contributed by atoms with Crippen LogP contribution in [0.4, 0.5) is 0 Å². The number of ether oxygens (including phenoxy) is 1. The molecule has 2 heterocycles. The van der Waals surface area contributed by atoms with E-state index in [0.717, 1.165) is 37.4 Å². The van der Waals surface area contributed by atoms with Crippen molar-refractivity contribution in [1.29, 1.82) is 0 Å². The Labute approximate surface area is 126 Å². The molecule has 1 unspecified atom stereocenters. The molecule has 21 heavy (non-hydrogen) atoms. The number of hydrogen-bond acceptors (Lipinski definition) is 3. The summed E-state index contributed by atoms with van der Waals surface area (Å²) in [6, 6.07) is 11.0. The van der Waals surface area contributed by atoms with E-state index in [1.807, 2.05) is 13.1 Å². The third-order valence-corrected chi connectivity index (χ3v) is 3.90. The van der Waals surface area contributed by atoms with E-state index in [0.29, 0.717) is 0 Å². The van der Waals surface area contributed by atoms with Crippen LogP contribution in [-0.2, 0) is 6.42 Å². The van der Waals surface area contributed by atoms with Gasteiger partial charge in [-0.1, -0.05) is 19.1 Å². The molecule has 1 aromatic carbocycles. The van der Waals surface area contributed by atoms with Crippen LogP contribution >= 0.6 is 0 Å². The Kier molecular flexibility index (Phi) is 4.20. The lowest BCUT2D eigenvalue weighted by atomic mass is 9.96. The molecule has 0 saturated heterocycles. The normalized spacial score (nSPS) is 14.6. The van der Waals surface area contributed by atoms with Gasteiger partial charge in [-0.2, -0.15) is 0 Å². The summed E-state index contributed by atoms with van der Waals surface area (Å²) in [5, 5.41) is 3.65. The molecule has 1 aliphatic heterocycles. The van der Waals surface area contributed by atoms with Crippen molar-refractivity contribution < 1.29 is 4.74 Å². The smallest absolute Gasteiger partial charge is 0.122 e. The topological polar surface area (TPSA) is 34.2 Å². The van der Waals surface area contributed by atoms with Crippen LogP contribution in [0.25, 0.3) is 0 Å². The first-order chi connectivity index (χ1) is 10.3. The molecule has 0 spiro atoms. The van der Waals surface area contributed by atoms with Crippen LogP contribution in [0.1, 0.15) is 41.8 Å². The highest BCUT2D eigenvalue weighted by atomic mass is 16.5. The van der Waals surface area contributed by atoms with Gasteiger partial charge in [0.2, 0.25) is 0 Å². The number of fused-ring (bicyclic) bond motifs is 1. The maximum Gasteiger partial charge on any atom is 0.122 e. The van der Waals surface area contributed by atoms with Crippen molar-refractivity contribution in [3.8, 4) is 5.75 Å². The van der Waals surface area contributed by atoms with Gasteiger partial charge in [-0.15, -0.1) is 0 Å². The van der Waals surface area contributed by atoms with Gasteiger partial charge >= 0.3 is 0 Å². The summed E-state index contributed by atoms with van der Waals surface area (Å²) in [4.78, 5) is 4.31. The highest BCUT2D eigenvalue weighted by Gasteiger charge is 2.18. The Morgan fingerprint density at radius 1 is 1.24 bits per heavy atom. The molecule has 0 bridgehead atoms. The lowest BCUT2D eigenvalue weighted by molar-refractivity contribution is 0.357. The largest absolute Gasteiger partial charge is 0.493 e. The lowest BCUT2D eigenvalue weighted by Gasteiger charge is -2.20. The number of aryl methyl sites for hydroxylation is 1. The molecule has 1 aromatic heterocycles. The minimum Gasteiger partial charge on any atom is -0.493 e. The van der Waals surface area contributed by atoms with E-state index in [-0.39, 0.29) is 6.04 Å². The molecular weight excluding hydrogens is 260 g/mol. The van der Waals surface area contributed by atoms with Gasteiger partial charge in [0.05, 0.1) is 12.6 Å². The third-order valence-electron chi connectivity index (χ3n) is 3.90. The minimum absolute atomic E-state index is 0.220. The Hall–Kier alpha value is -1.87. The number of nitrogens with zero attached hydrogens (tertiary/aromatic N) is 1. The average molecular weight is 282 g/mol. The summed E-state index contributed by atoms with van der Waals surface area (Å²) in [5.74, 6) is 1.04. The molecule has 1 atom stereocenters. The van der Waals surface area contributed by atoms with Crippen LogP contribution < -0.4 is 10.1 Å². The zero-order valence-corrected chi connectivity index (χ0v) is 12.7. The molecule has 0 amide bonds. The molecule has 0 radical (unpaired) electrons. The second-order valence-electron chi connectivity index (χ2n) is 5.58. The molecule has 3 heteroatoms. The first kappa shape index (κ1) is 14.1. The second-order valence-corrected chi connectivity index (χ2v) is 5.58. The van der Waals surface area contributed by atoms with E-state index in [2.05, 4.69) is 47.6 Å². The van der Waals surface area contributed by atoms with Crippen LogP contribution in [0.3, 0.4) is 0 Å². The Balaban J connectivity index is 1.95. The molecule has 3 nitrogen and oxygen atoms in total. The number of pyridine rings is 1. The van der Waals surface area contributed by atoms with Gasteiger partial charge in [0.1, 0.15) is 5.75 Å². The van der Waals surface area contributed by atoms with E-state index in [1.54, 1.807) is 0 Å². The van der Waals surface area contributed by atoms with E-state index >= 15 is 0 Å². The van der Waals surface area contributed by atoms with Gasteiger partial charge in [0, 0.05) is 18.3 Å². The number of hydrogen-bond donors (Lipinski definition) is 1. The fourth-order valence-electron chi connectivity index (χ4n) is 2.85. The molecule has 110 valence electrons. The standard InChI is InChI=1S/C18H22N2O/c1-3-8-20-18(16-6-9-19-13(2)11-16)15-4-5-17-14(12-15)7-10-21-17/h4-6,9,11-12,18,20H,3,7-8,10H2,1-2H3. The molecule has 1 N–H and O–H groups in total. The van der Waals surface area contributed by atoms with E-state index in [4.69, 9.17) is 4.74 Å². The van der Waals surface area contributed by atoms with Gasteiger partial charge in [0.15, 0.2) is 0 Å². The van der Waals surface area contributed by atoms with Crippen LogP contribution in [0.15, 0.2) is 36.5 Å². The SMILES string of the molecule is CCCNC(c1ccnc(C)c1)c1ccc2c(c1)CCO2. The zero-order chi connectivity index (χ0) is 14.7. The Bertz CT molecular complexity index is 624. The van der Waals surface area contributed by atoms with Crippen molar-refractivity contribution >= 4 is 0 Å². The quantitative estimate of drug-likeness (QED) is 0.912. The fourth-order valence-corrected chi connectivity index (χ4v) is 2.85. The molecule has 2 aromatic rings. The molecular formula is C18H22N2O. The maximum atomic E-state index is 5.61. The monoisotopic (exact) mass is 282 g/mol. The summed E-state index contributed by atoms with van der Waals surface area (Å²) in [6.07, 6.45) is 4.02. The Morgan fingerprint density at radius 2 is 2.10 bits per heavy atom. The molecule has 0 saturated carbocycles. The summed E-state index contributed by atoms with van der Waals surface area (Å²) in [7, 11) is 0. The van der Waals surface area contributed by atoms with E-state index in [1.165, 1.54) is 16.7 Å². The highest BCUT2D eigenvalue weighted by molar-refractivity contribution is 5.43. The first-order valence-electron chi connectivity index (χ1n) is 7.69. The van der Waals surface area contributed by atoms with Gasteiger partial charge in [-0.3, -0.25) is 4.98 Å². The number of nitrogens with one attached hydrogen (secondary N) is 1. The van der Waals surface area contributed by atoms with Crippen molar-refractivity contribution in [2.24, 2.45) is 0 Å². The lowest BCUT2D eigenvalue weighted by Crippen LogP contribution is -2.23. The predicted octanol–water partition coefficient (Wildman–Crippen LogP) is 3.41. The van der Waals surface area contributed by atoms with Crippen molar-refractivity contribution in [3.05, 3.63) is 58.9 Å². The maximum absolute atomic E-state index is 5.61. The second kappa shape index (κ2) is 6.27. The van der Waals surface area contributed by atoms with Gasteiger partial charge in [-0.25, -0.2) is 0 Å². The molecule has 3 rings (SSSR count). The summed E-state index contributed by atoms with van der Waals surface area (Å²) >= 11 is 0. The highest BCUT2D eigenvalue weighted by Crippen LogP contribution is 2.30. The number of benzene rings is 1. The molecule has 0 fully saturated rings. The molecule has 0 aliphatic carbocycles. The summed E-state index contributed by atoms with van der Waals surface area (Å²) < 4.78 is 5.61. The minimum atomic E-state index is 0.220. The van der Waals surface area contributed by atoms with Gasteiger partial charge in [-0.05, 0) is 54.8 Å². The van der Waals surface area contributed by atoms with E-state index < -0.39 is 0 Å². The molecule has 1 aliphatic rings. The van der Waals surface area contributed by atoms with E-state index in [9.17, 15) is 0 Å². The van der Waals surface area contributed by atoms with Crippen LogP contribution in [0, 0.1) is 6.92 Å². The van der Waals surface area contributed by atoms with Gasteiger partial charge < -0.3 is 10.1 Å². The average Bonchev–Trinajstić information content (AvgIpc) is 2.95. The first-order valence-corrected chi connectivity index (χ1v) is 7.69. The number of aromatic nitrogens is 1. The Morgan fingerprint density at radius 3 is 2.90 bits per heavy atom. The van der Waals surface area contributed by atoms with Crippen LogP contribution in [0.2, 0.25) is 0 Å². The van der Waals surface area contributed by atoms with Crippen LogP contribution in [-0.4, -0.2) is 18.1 Å².